The van der Waals surface area contributed by atoms with Crippen LogP contribution in [-0.2, 0) is 0 Å². The molecular weight excluding hydrogens is 134 g/mol. The van der Waals surface area contributed by atoms with Crippen molar-refractivity contribution in [2.45, 2.75) is 20.3 Å². The second-order valence-electron chi connectivity index (χ2n) is 2.21. The van der Waals surface area contributed by atoms with Crippen molar-refractivity contribution in [1.29, 1.82) is 5.26 Å². The second-order valence-corrected chi connectivity index (χ2v) is 2.21. The van der Waals surface area contributed by atoms with Crippen LogP contribution in [0.2, 0.25) is 0 Å². The van der Waals surface area contributed by atoms with Gasteiger partial charge in [0.25, 0.3) is 0 Å². The minimum Gasteiger partial charge on any atom is -0.192 e. The summed E-state index contributed by atoms with van der Waals surface area (Å²) in [5.41, 5.74) is 1.65. The largest absolute Gasteiger partial charge is 0.192 e. The van der Waals surface area contributed by atoms with Gasteiger partial charge in [0, 0.05) is 5.57 Å². The zero-order chi connectivity index (χ0) is 8.69. The molecule has 0 heterocycles. The fraction of sp³-hybridized carbons (Fsp3) is 0.300. The molecule has 0 amide bonds. The van der Waals surface area contributed by atoms with Gasteiger partial charge in [-0.1, -0.05) is 25.7 Å². The van der Waals surface area contributed by atoms with Gasteiger partial charge in [-0.05, 0) is 25.0 Å². The second kappa shape index (κ2) is 5.49. The average Bonchev–Trinajstić information content (AvgIpc) is 2.03. The minimum atomic E-state index is 0.514. The van der Waals surface area contributed by atoms with Gasteiger partial charge in [-0.2, -0.15) is 5.26 Å². The van der Waals surface area contributed by atoms with Crippen LogP contribution in [0, 0.1) is 11.3 Å². The lowest BCUT2D eigenvalue weighted by molar-refractivity contribution is 1.14. The summed E-state index contributed by atoms with van der Waals surface area (Å²) in [5.74, 6) is 0. The van der Waals surface area contributed by atoms with Gasteiger partial charge >= 0.3 is 0 Å². The van der Waals surface area contributed by atoms with Gasteiger partial charge < -0.3 is 0 Å². The molecule has 0 saturated heterocycles. The minimum absolute atomic E-state index is 0.514. The first-order chi connectivity index (χ1) is 5.24. The van der Waals surface area contributed by atoms with E-state index < -0.39 is 0 Å². The molecule has 1 nitrogen and oxygen atoms in total. The summed E-state index contributed by atoms with van der Waals surface area (Å²) in [5, 5.41) is 8.43. The Morgan fingerprint density at radius 2 is 2.27 bits per heavy atom. The summed E-state index contributed by atoms with van der Waals surface area (Å²) in [6, 6.07) is 1.98. The molecule has 0 atom stereocenters. The smallest absolute Gasteiger partial charge is 0.0985 e. The monoisotopic (exact) mass is 147 g/mol. The van der Waals surface area contributed by atoms with Gasteiger partial charge in [-0.15, -0.1) is 0 Å². The van der Waals surface area contributed by atoms with Crippen molar-refractivity contribution in [3.8, 4) is 6.07 Å². The molecule has 11 heavy (non-hydrogen) atoms. The first-order valence-corrected chi connectivity index (χ1v) is 3.66. The Bertz CT molecular complexity index is 226. The van der Waals surface area contributed by atoms with Gasteiger partial charge in [-0.3, -0.25) is 0 Å². The van der Waals surface area contributed by atoms with E-state index in [0.717, 1.165) is 12.0 Å². The third-order valence-corrected chi connectivity index (χ3v) is 1.29. The molecule has 0 spiro atoms. The molecule has 1 heteroatoms. The summed E-state index contributed by atoms with van der Waals surface area (Å²) >= 11 is 0. The summed E-state index contributed by atoms with van der Waals surface area (Å²) in [6.07, 6.45) is 6.69. The zero-order valence-corrected chi connectivity index (χ0v) is 7.09. The van der Waals surface area contributed by atoms with E-state index in [1.165, 1.54) is 0 Å². The maximum atomic E-state index is 8.43. The highest BCUT2D eigenvalue weighted by molar-refractivity contribution is 5.36. The van der Waals surface area contributed by atoms with Crippen LogP contribution in [0.3, 0.4) is 0 Å². The molecule has 0 N–H and O–H groups in total. The topological polar surface area (TPSA) is 23.8 Å². The molecular formula is C10H13N. The fourth-order valence-corrected chi connectivity index (χ4v) is 0.738. The van der Waals surface area contributed by atoms with Crippen LogP contribution in [0.5, 0.6) is 0 Å². The van der Waals surface area contributed by atoms with Crippen molar-refractivity contribution < 1.29 is 0 Å². The fourth-order valence-electron chi connectivity index (χ4n) is 0.738. The summed E-state index contributed by atoms with van der Waals surface area (Å²) < 4.78 is 0. The number of nitrogens with zero attached hydrogens (tertiary/aromatic N) is 1. The van der Waals surface area contributed by atoms with Crippen molar-refractivity contribution >= 4 is 0 Å². The number of hydrogen-bond acceptors (Lipinski definition) is 1. The van der Waals surface area contributed by atoms with Crippen molar-refractivity contribution in [3.63, 3.8) is 0 Å². The van der Waals surface area contributed by atoms with Crippen molar-refractivity contribution in [1.82, 2.24) is 0 Å². The lowest BCUT2D eigenvalue weighted by Gasteiger charge is -1.93. The Morgan fingerprint density at radius 1 is 1.64 bits per heavy atom. The molecule has 0 rings (SSSR count). The maximum Gasteiger partial charge on any atom is 0.0985 e. The van der Waals surface area contributed by atoms with Crippen LogP contribution in [0.15, 0.2) is 36.0 Å². The van der Waals surface area contributed by atoms with Crippen LogP contribution in [0.25, 0.3) is 0 Å². The number of hydrogen-bond donors (Lipinski definition) is 0. The number of nitriles is 1. The zero-order valence-electron chi connectivity index (χ0n) is 7.09. The molecule has 0 aliphatic heterocycles. The van der Waals surface area contributed by atoms with Crippen molar-refractivity contribution in [2.24, 2.45) is 0 Å². The molecule has 0 radical (unpaired) electrons. The molecule has 0 fully saturated rings. The number of rotatable bonds is 3. The lowest BCUT2D eigenvalue weighted by Crippen LogP contribution is -1.76. The average molecular weight is 147 g/mol. The highest BCUT2D eigenvalue weighted by atomic mass is 14.2. The predicted octanol–water partition coefficient (Wildman–Crippen LogP) is 2.98. The van der Waals surface area contributed by atoms with Crippen LogP contribution >= 0.6 is 0 Å². The predicted molar refractivity (Wildman–Crippen MR) is 47.9 cm³/mol. The summed E-state index contributed by atoms with van der Waals surface area (Å²) in [6.45, 7) is 7.58. The van der Waals surface area contributed by atoms with Crippen molar-refractivity contribution in [2.75, 3.05) is 0 Å². The molecule has 0 saturated carbocycles. The lowest BCUT2D eigenvalue weighted by atomic mass is 10.1. The normalized spacial score (nSPS) is 11.5. The van der Waals surface area contributed by atoms with E-state index in [0.29, 0.717) is 5.57 Å². The molecule has 0 aliphatic carbocycles. The van der Waals surface area contributed by atoms with E-state index in [1.54, 1.807) is 6.08 Å². The highest BCUT2D eigenvalue weighted by Gasteiger charge is 1.88. The van der Waals surface area contributed by atoms with Crippen molar-refractivity contribution in [3.05, 3.63) is 36.0 Å². The molecule has 0 aromatic carbocycles. The van der Waals surface area contributed by atoms with Gasteiger partial charge in [-0.25, -0.2) is 0 Å². The van der Waals surface area contributed by atoms with E-state index in [4.69, 9.17) is 5.26 Å². The SMILES string of the molecule is C=C(C#N)/C=C(\C=C/C)CC. The molecule has 0 aromatic heterocycles. The van der Waals surface area contributed by atoms with Gasteiger partial charge in [0.1, 0.15) is 0 Å². The Hall–Kier alpha value is -1.29. The Labute approximate surface area is 68.3 Å². The molecule has 0 unspecified atom stereocenters. The van der Waals surface area contributed by atoms with Crippen LogP contribution in [0.1, 0.15) is 20.3 Å². The molecule has 58 valence electrons. The standard InChI is InChI=1S/C10H13N/c1-4-6-10(5-2)7-9(3)8-11/h4,6-7H,3,5H2,1-2H3/b6-4-,10-7-. The van der Waals surface area contributed by atoms with Crippen LogP contribution in [0.4, 0.5) is 0 Å². The van der Waals surface area contributed by atoms with Crippen LogP contribution in [-0.4, -0.2) is 0 Å². The third kappa shape index (κ3) is 4.16. The van der Waals surface area contributed by atoms with Crippen LogP contribution < -0.4 is 0 Å². The number of allylic oxidation sites excluding steroid dienone is 5. The molecule has 0 aliphatic rings. The van der Waals surface area contributed by atoms with E-state index in [1.807, 2.05) is 25.1 Å². The van der Waals surface area contributed by atoms with E-state index in [9.17, 15) is 0 Å². The maximum absolute atomic E-state index is 8.43. The summed E-state index contributed by atoms with van der Waals surface area (Å²) in [4.78, 5) is 0. The third-order valence-electron chi connectivity index (χ3n) is 1.29. The Morgan fingerprint density at radius 3 is 2.64 bits per heavy atom. The van der Waals surface area contributed by atoms with Gasteiger partial charge in [0.05, 0.1) is 6.07 Å². The van der Waals surface area contributed by atoms with E-state index in [-0.39, 0.29) is 0 Å². The molecule has 0 bridgehead atoms. The molecule has 0 aromatic rings. The Kier molecular flexibility index (Phi) is 4.85. The quantitative estimate of drug-likeness (QED) is 0.444. The first-order valence-electron chi connectivity index (χ1n) is 3.66. The van der Waals surface area contributed by atoms with E-state index >= 15 is 0 Å². The van der Waals surface area contributed by atoms with E-state index in [2.05, 4.69) is 13.5 Å². The first kappa shape index (κ1) is 9.71. The summed E-state index contributed by atoms with van der Waals surface area (Å²) in [7, 11) is 0. The highest BCUT2D eigenvalue weighted by Crippen LogP contribution is 2.05. The van der Waals surface area contributed by atoms with Gasteiger partial charge in [0.15, 0.2) is 0 Å². The van der Waals surface area contributed by atoms with Gasteiger partial charge in [0.2, 0.25) is 0 Å². The Balaban J connectivity index is 4.38.